The predicted octanol–water partition coefficient (Wildman–Crippen LogP) is 5.60. The van der Waals surface area contributed by atoms with Crippen LogP contribution in [0.3, 0.4) is 0 Å². The van der Waals surface area contributed by atoms with Gasteiger partial charge in [0.1, 0.15) is 10.3 Å². The highest BCUT2D eigenvalue weighted by Crippen LogP contribution is 2.27. The Balaban J connectivity index is 2.30. The summed E-state index contributed by atoms with van der Waals surface area (Å²) in [6.07, 6.45) is 2.83. The lowest BCUT2D eigenvalue weighted by atomic mass is 10.0. The minimum absolute atomic E-state index is 0.457. The minimum Gasteiger partial charge on any atom is -0.216 e. The van der Waals surface area contributed by atoms with Gasteiger partial charge in [-0.3, -0.25) is 0 Å². The Morgan fingerprint density at radius 1 is 1.00 bits per heavy atom. The molecule has 112 valence electrons. The van der Waals surface area contributed by atoms with Crippen molar-refractivity contribution in [2.75, 3.05) is 0 Å². The second-order valence-electron chi connectivity index (χ2n) is 5.65. The molecule has 0 bridgehead atoms. The molecule has 0 saturated heterocycles. The molecule has 0 spiro atoms. The van der Waals surface area contributed by atoms with E-state index in [4.69, 9.17) is 23.2 Å². The molecule has 0 aliphatic heterocycles. The zero-order valence-corrected chi connectivity index (χ0v) is 14.2. The van der Waals surface area contributed by atoms with Crippen LogP contribution < -0.4 is 0 Å². The van der Waals surface area contributed by atoms with E-state index in [-0.39, 0.29) is 0 Å². The van der Waals surface area contributed by atoms with Gasteiger partial charge in [-0.15, -0.1) is 0 Å². The van der Waals surface area contributed by atoms with E-state index >= 15 is 0 Å². The summed E-state index contributed by atoms with van der Waals surface area (Å²) in [6.45, 7) is 6.50. The van der Waals surface area contributed by atoms with Crippen LogP contribution in [0, 0.1) is 5.92 Å². The van der Waals surface area contributed by atoms with E-state index in [1.165, 1.54) is 5.56 Å². The van der Waals surface area contributed by atoms with Gasteiger partial charge in [0.2, 0.25) is 0 Å². The van der Waals surface area contributed by atoms with E-state index < -0.39 is 0 Å². The van der Waals surface area contributed by atoms with Gasteiger partial charge in [0.05, 0.1) is 0 Å². The third-order valence-corrected chi connectivity index (χ3v) is 3.89. The summed E-state index contributed by atoms with van der Waals surface area (Å²) in [5.74, 6) is 1.23. The molecule has 1 aromatic carbocycles. The van der Waals surface area contributed by atoms with Crippen LogP contribution in [0.2, 0.25) is 10.3 Å². The van der Waals surface area contributed by atoms with Crippen molar-refractivity contribution in [3.05, 3.63) is 45.7 Å². The van der Waals surface area contributed by atoms with Crippen LogP contribution in [0.25, 0.3) is 11.4 Å². The predicted molar refractivity (Wildman–Crippen MR) is 90.0 cm³/mol. The van der Waals surface area contributed by atoms with Crippen LogP contribution in [0.1, 0.15) is 38.3 Å². The van der Waals surface area contributed by atoms with Crippen molar-refractivity contribution >= 4 is 23.2 Å². The monoisotopic (exact) mass is 322 g/mol. The van der Waals surface area contributed by atoms with Gasteiger partial charge in [0, 0.05) is 11.1 Å². The molecule has 0 amide bonds. The molecule has 2 nitrogen and oxygen atoms in total. The van der Waals surface area contributed by atoms with Crippen LogP contribution >= 0.6 is 23.2 Å². The van der Waals surface area contributed by atoms with Crippen LogP contribution in [0.4, 0.5) is 0 Å². The van der Waals surface area contributed by atoms with Gasteiger partial charge in [-0.1, -0.05) is 74.7 Å². The Hall–Kier alpha value is -1.12. The zero-order valence-electron chi connectivity index (χ0n) is 12.7. The molecule has 0 radical (unpaired) electrons. The molecule has 2 rings (SSSR count). The highest BCUT2D eigenvalue weighted by Gasteiger charge is 2.12. The summed E-state index contributed by atoms with van der Waals surface area (Å²) in [5, 5.41) is 0.913. The summed E-state index contributed by atoms with van der Waals surface area (Å²) in [5.41, 5.74) is 3.09. The lowest BCUT2D eigenvalue weighted by Gasteiger charge is -2.09. The first kappa shape index (κ1) is 16.3. The van der Waals surface area contributed by atoms with Gasteiger partial charge in [-0.2, -0.15) is 0 Å². The molecule has 4 heteroatoms. The third-order valence-electron chi connectivity index (χ3n) is 3.26. The van der Waals surface area contributed by atoms with Gasteiger partial charge >= 0.3 is 0 Å². The number of benzene rings is 1. The second kappa shape index (κ2) is 7.24. The van der Waals surface area contributed by atoms with Crippen LogP contribution in [-0.4, -0.2) is 9.97 Å². The summed E-state index contributed by atoms with van der Waals surface area (Å²) in [6, 6.07) is 8.28. The van der Waals surface area contributed by atoms with E-state index in [0.717, 1.165) is 30.4 Å². The first-order chi connectivity index (χ1) is 10.0. The van der Waals surface area contributed by atoms with Gasteiger partial charge in [-0.25, -0.2) is 9.97 Å². The van der Waals surface area contributed by atoms with Crippen molar-refractivity contribution in [3.8, 4) is 11.4 Å². The molecule has 0 atom stereocenters. The van der Waals surface area contributed by atoms with E-state index in [1.807, 2.05) is 12.1 Å². The molecule has 21 heavy (non-hydrogen) atoms. The van der Waals surface area contributed by atoms with E-state index in [1.54, 1.807) is 0 Å². The van der Waals surface area contributed by atoms with Crippen molar-refractivity contribution in [3.63, 3.8) is 0 Å². The molecule has 2 aromatic rings. The fourth-order valence-corrected chi connectivity index (χ4v) is 2.85. The van der Waals surface area contributed by atoms with Crippen LogP contribution in [-0.2, 0) is 12.8 Å². The largest absolute Gasteiger partial charge is 0.216 e. The third kappa shape index (κ3) is 4.18. The highest BCUT2D eigenvalue weighted by atomic mass is 35.5. The van der Waals surface area contributed by atoms with Crippen LogP contribution in [0.15, 0.2) is 24.3 Å². The topological polar surface area (TPSA) is 25.8 Å². The molecule has 1 aromatic heterocycles. The Labute approximate surface area is 136 Å². The second-order valence-corrected chi connectivity index (χ2v) is 6.37. The average Bonchev–Trinajstić information content (AvgIpc) is 2.43. The number of nitrogens with zero attached hydrogens (tertiary/aromatic N) is 2. The molecular formula is C17H20Cl2N2. The van der Waals surface area contributed by atoms with E-state index in [9.17, 15) is 0 Å². The Kier molecular flexibility index (Phi) is 5.60. The number of hydrogen-bond acceptors (Lipinski definition) is 2. The van der Waals surface area contributed by atoms with Gasteiger partial charge in [0.15, 0.2) is 5.82 Å². The first-order valence-electron chi connectivity index (χ1n) is 7.32. The zero-order chi connectivity index (χ0) is 15.4. The fourth-order valence-electron chi connectivity index (χ4n) is 2.28. The van der Waals surface area contributed by atoms with Gasteiger partial charge < -0.3 is 0 Å². The molecular weight excluding hydrogens is 303 g/mol. The quantitative estimate of drug-likeness (QED) is 0.669. The van der Waals surface area contributed by atoms with E-state index in [2.05, 4.69) is 42.9 Å². The standard InChI is InChI=1S/C17H20Cl2N2/c1-4-5-14-15(18)20-17(21-16(14)19)13-8-6-12(7-9-13)10-11(2)3/h6-9,11H,4-5,10H2,1-3H3. The summed E-state index contributed by atoms with van der Waals surface area (Å²) < 4.78 is 0. The van der Waals surface area contributed by atoms with Gasteiger partial charge in [-0.05, 0) is 24.3 Å². The molecule has 0 unspecified atom stereocenters. The van der Waals surface area contributed by atoms with Crippen molar-refractivity contribution in [2.24, 2.45) is 5.92 Å². The van der Waals surface area contributed by atoms with E-state index in [0.29, 0.717) is 22.0 Å². The Morgan fingerprint density at radius 3 is 2.05 bits per heavy atom. The number of halogens is 2. The number of aromatic nitrogens is 2. The summed E-state index contributed by atoms with van der Waals surface area (Å²) in [7, 11) is 0. The normalized spacial score (nSPS) is 11.1. The molecule has 0 aliphatic rings. The van der Waals surface area contributed by atoms with Crippen molar-refractivity contribution in [2.45, 2.75) is 40.0 Å². The molecule has 0 N–H and O–H groups in total. The van der Waals surface area contributed by atoms with Crippen molar-refractivity contribution in [1.29, 1.82) is 0 Å². The number of hydrogen-bond donors (Lipinski definition) is 0. The smallest absolute Gasteiger partial charge is 0.162 e. The maximum atomic E-state index is 6.23. The minimum atomic E-state index is 0.457. The maximum absolute atomic E-state index is 6.23. The summed E-state index contributed by atoms with van der Waals surface area (Å²) >= 11 is 12.5. The van der Waals surface area contributed by atoms with Crippen molar-refractivity contribution in [1.82, 2.24) is 9.97 Å². The highest BCUT2D eigenvalue weighted by molar-refractivity contribution is 6.34. The SMILES string of the molecule is CCCc1c(Cl)nc(-c2ccc(CC(C)C)cc2)nc1Cl. The lowest BCUT2D eigenvalue weighted by molar-refractivity contribution is 0.647. The molecule has 0 aliphatic carbocycles. The van der Waals surface area contributed by atoms with Crippen LogP contribution in [0.5, 0.6) is 0 Å². The lowest BCUT2D eigenvalue weighted by Crippen LogP contribution is -1.98. The molecule has 0 fully saturated rings. The first-order valence-corrected chi connectivity index (χ1v) is 8.08. The summed E-state index contributed by atoms with van der Waals surface area (Å²) in [4.78, 5) is 8.77. The fraction of sp³-hybridized carbons (Fsp3) is 0.412. The Morgan fingerprint density at radius 2 is 1.57 bits per heavy atom. The molecule has 1 heterocycles. The number of rotatable bonds is 5. The van der Waals surface area contributed by atoms with Crippen molar-refractivity contribution < 1.29 is 0 Å². The Bertz CT molecular complexity index is 584. The average molecular weight is 323 g/mol. The molecule has 0 saturated carbocycles. The van der Waals surface area contributed by atoms with Gasteiger partial charge in [0.25, 0.3) is 0 Å². The maximum Gasteiger partial charge on any atom is 0.162 e.